The topological polar surface area (TPSA) is 78.9 Å². The fraction of sp³-hybridized carbons (Fsp3) is 0.105. The predicted molar refractivity (Wildman–Crippen MR) is 115 cm³/mol. The molecule has 0 atom stereocenters. The summed E-state index contributed by atoms with van der Waals surface area (Å²) >= 11 is 14.4. The van der Waals surface area contributed by atoms with Crippen LogP contribution in [-0.2, 0) is 9.59 Å². The molecule has 0 unspecified atom stereocenters. The van der Waals surface area contributed by atoms with Crippen LogP contribution in [0.5, 0.6) is 11.5 Å². The highest BCUT2D eigenvalue weighted by molar-refractivity contribution is 9.10. The van der Waals surface area contributed by atoms with Gasteiger partial charge in [-0.25, -0.2) is 0 Å². The first-order chi connectivity index (χ1) is 13.3. The van der Waals surface area contributed by atoms with Crippen LogP contribution in [0.1, 0.15) is 12.5 Å². The molecule has 2 amide bonds. The molecule has 1 saturated heterocycles. The summed E-state index contributed by atoms with van der Waals surface area (Å²) in [5.41, 5.74) is 0.469. The Labute approximate surface area is 179 Å². The molecule has 0 bridgehead atoms. The van der Waals surface area contributed by atoms with E-state index in [0.29, 0.717) is 27.5 Å². The van der Waals surface area contributed by atoms with Crippen molar-refractivity contribution < 1.29 is 19.4 Å². The van der Waals surface area contributed by atoms with Gasteiger partial charge in [-0.15, -0.1) is 0 Å². The highest BCUT2D eigenvalue weighted by Gasteiger charge is 2.34. The van der Waals surface area contributed by atoms with E-state index in [1.54, 1.807) is 24.3 Å². The Morgan fingerprint density at radius 3 is 2.79 bits per heavy atom. The maximum absolute atomic E-state index is 13.0. The number of thiocarbonyl (C=S) groups is 1. The van der Waals surface area contributed by atoms with Crippen molar-refractivity contribution >= 4 is 68.4 Å². The lowest BCUT2D eigenvalue weighted by Gasteiger charge is -2.29. The molecule has 144 valence electrons. The smallest absolute Gasteiger partial charge is 0.270 e. The van der Waals surface area contributed by atoms with Crippen molar-refractivity contribution in [2.45, 2.75) is 6.92 Å². The zero-order valence-electron chi connectivity index (χ0n) is 14.5. The largest absolute Gasteiger partial charge is 0.506 e. The van der Waals surface area contributed by atoms with Gasteiger partial charge in [0.25, 0.3) is 11.8 Å². The highest BCUT2D eigenvalue weighted by Crippen LogP contribution is 2.34. The van der Waals surface area contributed by atoms with Gasteiger partial charge in [-0.1, -0.05) is 17.7 Å². The van der Waals surface area contributed by atoms with Gasteiger partial charge in [0.15, 0.2) is 5.11 Å². The van der Waals surface area contributed by atoms with Crippen LogP contribution < -0.4 is 15.0 Å². The molecule has 1 fully saturated rings. The Morgan fingerprint density at radius 1 is 1.32 bits per heavy atom. The van der Waals surface area contributed by atoms with Crippen LogP contribution in [0, 0.1) is 0 Å². The van der Waals surface area contributed by atoms with Crippen LogP contribution in [0.3, 0.4) is 0 Å². The summed E-state index contributed by atoms with van der Waals surface area (Å²) in [6, 6.07) is 9.74. The van der Waals surface area contributed by atoms with Crippen molar-refractivity contribution in [2.24, 2.45) is 0 Å². The number of carbonyl (C=O) groups excluding carboxylic acids is 2. The number of carbonyl (C=O) groups is 2. The summed E-state index contributed by atoms with van der Waals surface area (Å²) < 4.78 is 5.80. The number of aromatic hydroxyl groups is 1. The van der Waals surface area contributed by atoms with Crippen LogP contribution in [0.15, 0.2) is 46.4 Å². The molecule has 2 aromatic carbocycles. The molecule has 0 saturated carbocycles. The zero-order chi connectivity index (χ0) is 20.4. The Hall–Kier alpha value is -2.42. The summed E-state index contributed by atoms with van der Waals surface area (Å²) in [7, 11) is 0. The number of phenols is 1. The van der Waals surface area contributed by atoms with E-state index in [4.69, 9.17) is 28.6 Å². The molecule has 0 spiro atoms. The van der Waals surface area contributed by atoms with Crippen LogP contribution in [0.4, 0.5) is 5.69 Å². The summed E-state index contributed by atoms with van der Waals surface area (Å²) in [5, 5.41) is 13.0. The average molecular weight is 482 g/mol. The molecule has 0 radical (unpaired) electrons. The molecule has 2 N–H and O–H groups in total. The van der Waals surface area contributed by atoms with E-state index in [9.17, 15) is 14.7 Å². The van der Waals surface area contributed by atoms with Gasteiger partial charge in [0.1, 0.15) is 17.1 Å². The van der Waals surface area contributed by atoms with Crippen molar-refractivity contribution in [1.82, 2.24) is 5.32 Å². The van der Waals surface area contributed by atoms with E-state index in [0.717, 1.165) is 0 Å². The number of amides is 2. The van der Waals surface area contributed by atoms with Gasteiger partial charge in [-0.05, 0) is 65.4 Å². The quantitative estimate of drug-likeness (QED) is 0.391. The minimum absolute atomic E-state index is 0.0442. The number of ether oxygens (including phenoxy) is 1. The first kappa shape index (κ1) is 20.3. The first-order valence-corrected chi connectivity index (χ1v) is 9.72. The average Bonchev–Trinajstić information content (AvgIpc) is 2.63. The van der Waals surface area contributed by atoms with Crippen LogP contribution in [0.2, 0.25) is 5.02 Å². The Bertz CT molecular complexity index is 1020. The predicted octanol–water partition coefficient (Wildman–Crippen LogP) is 4.04. The van der Waals surface area contributed by atoms with E-state index < -0.39 is 11.8 Å². The normalized spacial score (nSPS) is 15.8. The van der Waals surface area contributed by atoms with Crippen molar-refractivity contribution in [3.8, 4) is 11.5 Å². The van der Waals surface area contributed by atoms with Crippen LogP contribution in [0.25, 0.3) is 6.08 Å². The summed E-state index contributed by atoms with van der Waals surface area (Å²) in [4.78, 5) is 26.6. The number of hydrogen-bond acceptors (Lipinski definition) is 5. The van der Waals surface area contributed by atoms with Gasteiger partial charge in [0, 0.05) is 16.7 Å². The molecule has 1 heterocycles. The SMILES string of the molecule is CCOc1cccc(N2C(=O)/C(=C\c3cc(Cl)cc(Br)c3O)C(=O)NC2=S)c1. The molecule has 0 aliphatic carbocycles. The molecule has 9 heteroatoms. The van der Waals surface area contributed by atoms with E-state index in [2.05, 4.69) is 21.2 Å². The van der Waals surface area contributed by atoms with Crippen molar-refractivity contribution in [2.75, 3.05) is 11.5 Å². The van der Waals surface area contributed by atoms with Crippen molar-refractivity contribution in [1.29, 1.82) is 0 Å². The summed E-state index contributed by atoms with van der Waals surface area (Å²) in [6.07, 6.45) is 1.27. The lowest BCUT2D eigenvalue weighted by atomic mass is 10.1. The van der Waals surface area contributed by atoms with Crippen LogP contribution in [-0.4, -0.2) is 28.6 Å². The number of nitrogens with zero attached hydrogens (tertiary/aromatic N) is 1. The van der Waals surface area contributed by atoms with E-state index in [-0.39, 0.29) is 22.0 Å². The second-order valence-corrected chi connectivity index (χ2v) is 7.39. The Morgan fingerprint density at radius 2 is 2.07 bits per heavy atom. The summed E-state index contributed by atoms with van der Waals surface area (Å²) in [6.45, 7) is 2.31. The van der Waals surface area contributed by atoms with Gasteiger partial charge in [-0.3, -0.25) is 19.8 Å². The maximum atomic E-state index is 13.0. The molecular formula is C19H14BrClN2O4S. The second kappa shape index (κ2) is 8.30. The van der Waals surface area contributed by atoms with Crippen molar-refractivity contribution in [3.63, 3.8) is 0 Å². The number of benzene rings is 2. The highest BCUT2D eigenvalue weighted by atomic mass is 79.9. The van der Waals surface area contributed by atoms with Crippen LogP contribution >= 0.6 is 39.7 Å². The first-order valence-electron chi connectivity index (χ1n) is 8.14. The van der Waals surface area contributed by atoms with Gasteiger partial charge in [0.05, 0.1) is 16.8 Å². The minimum atomic E-state index is -0.664. The molecular weight excluding hydrogens is 468 g/mol. The number of rotatable bonds is 4. The number of halogens is 2. The lowest BCUT2D eigenvalue weighted by Crippen LogP contribution is -2.54. The molecule has 2 aromatic rings. The van der Waals surface area contributed by atoms with E-state index in [1.165, 1.54) is 23.1 Å². The zero-order valence-corrected chi connectivity index (χ0v) is 17.7. The second-order valence-electron chi connectivity index (χ2n) is 5.71. The van der Waals surface area contributed by atoms with E-state index >= 15 is 0 Å². The third-order valence-corrected chi connectivity index (χ3v) is 4.95. The lowest BCUT2D eigenvalue weighted by molar-refractivity contribution is -0.122. The standard InChI is InChI=1S/C19H14BrClN2O4S/c1-2-27-13-5-3-4-12(9-13)23-18(26)14(17(25)22-19(23)28)7-10-6-11(21)8-15(20)16(10)24/h3-9,24H,2H2,1H3,(H,22,25,28)/b14-7-. The fourth-order valence-corrected chi connectivity index (χ4v) is 3.74. The molecule has 1 aliphatic heterocycles. The molecule has 28 heavy (non-hydrogen) atoms. The van der Waals surface area contributed by atoms with Gasteiger partial charge >= 0.3 is 0 Å². The third kappa shape index (κ3) is 4.04. The number of phenolic OH excluding ortho intramolecular Hbond substituents is 1. The molecule has 1 aliphatic rings. The Kier molecular flexibility index (Phi) is 6.02. The fourth-order valence-electron chi connectivity index (χ4n) is 2.62. The number of anilines is 1. The number of nitrogens with one attached hydrogen (secondary N) is 1. The monoisotopic (exact) mass is 480 g/mol. The van der Waals surface area contributed by atoms with Gasteiger partial charge in [0.2, 0.25) is 0 Å². The van der Waals surface area contributed by atoms with Gasteiger partial charge in [-0.2, -0.15) is 0 Å². The molecule has 6 nitrogen and oxygen atoms in total. The number of hydrogen-bond donors (Lipinski definition) is 2. The van der Waals surface area contributed by atoms with Gasteiger partial charge < -0.3 is 9.84 Å². The maximum Gasteiger partial charge on any atom is 0.270 e. The summed E-state index contributed by atoms with van der Waals surface area (Å²) in [5.74, 6) is -0.870. The van der Waals surface area contributed by atoms with E-state index in [1.807, 2.05) is 6.92 Å². The Balaban J connectivity index is 2.05. The third-order valence-electron chi connectivity index (χ3n) is 3.85. The minimum Gasteiger partial charge on any atom is -0.506 e. The molecule has 0 aromatic heterocycles. The van der Waals surface area contributed by atoms with Crippen molar-refractivity contribution in [3.05, 3.63) is 57.0 Å². The molecule has 3 rings (SSSR count).